The lowest BCUT2D eigenvalue weighted by atomic mass is 10.0. The summed E-state index contributed by atoms with van der Waals surface area (Å²) < 4.78 is 10.4. The number of benzene rings is 1. The molecule has 1 fully saturated rings. The molecule has 1 amide bonds. The van der Waals surface area contributed by atoms with Gasteiger partial charge < -0.3 is 20.1 Å². The number of methoxy groups -OCH3 is 2. The molecule has 0 bridgehead atoms. The van der Waals surface area contributed by atoms with Crippen LogP contribution in [0.25, 0.3) is 0 Å². The van der Waals surface area contributed by atoms with Gasteiger partial charge in [-0.1, -0.05) is 6.42 Å². The molecule has 21 heavy (non-hydrogen) atoms. The van der Waals surface area contributed by atoms with E-state index in [9.17, 15) is 4.79 Å². The molecule has 5 heteroatoms. The third kappa shape index (κ3) is 4.63. The lowest BCUT2D eigenvalue weighted by molar-refractivity contribution is -0.116. The van der Waals surface area contributed by atoms with Crippen LogP contribution in [0.1, 0.15) is 32.1 Å². The number of amides is 1. The third-order valence-corrected chi connectivity index (χ3v) is 3.80. The van der Waals surface area contributed by atoms with Crippen LogP contribution in [-0.2, 0) is 4.79 Å². The van der Waals surface area contributed by atoms with E-state index in [1.54, 1.807) is 26.4 Å². The summed E-state index contributed by atoms with van der Waals surface area (Å²) in [6.07, 6.45) is 5.10. The fraction of sp³-hybridized carbons (Fsp3) is 0.562. The van der Waals surface area contributed by atoms with Gasteiger partial charge >= 0.3 is 0 Å². The average molecular weight is 292 g/mol. The van der Waals surface area contributed by atoms with Crippen molar-refractivity contribution < 1.29 is 14.3 Å². The minimum Gasteiger partial charge on any atom is -0.493 e. The smallest absolute Gasteiger partial charge is 0.224 e. The van der Waals surface area contributed by atoms with Crippen LogP contribution in [0, 0.1) is 0 Å². The molecule has 1 heterocycles. The van der Waals surface area contributed by atoms with Crippen molar-refractivity contribution >= 4 is 11.6 Å². The highest BCUT2D eigenvalue weighted by atomic mass is 16.5. The fourth-order valence-electron chi connectivity index (χ4n) is 2.61. The summed E-state index contributed by atoms with van der Waals surface area (Å²) in [5.41, 5.74) is 0.731. The molecular formula is C16H24N2O3. The standard InChI is InChI=1S/C16H24N2O3/c1-20-14-8-6-13(11-15(14)21-2)18-16(19)9-7-12-5-3-4-10-17-12/h6,8,11-12,17H,3-5,7,9-10H2,1-2H3,(H,18,19). The molecule has 5 nitrogen and oxygen atoms in total. The summed E-state index contributed by atoms with van der Waals surface area (Å²) >= 11 is 0. The highest BCUT2D eigenvalue weighted by Crippen LogP contribution is 2.29. The average Bonchev–Trinajstić information content (AvgIpc) is 2.53. The zero-order valence-electron chi connectivity index (χ0n) is 12.8. The second kappa shape index (κ2) is 7.88. The van der Waals surface area contributed by atoms with Crippen LogP contribution < -0.4 is 20.1 Å². The molecule has 2 N–H and O–H groups in total. The number of anilines is 1. The van der Waals surface area contributed by atoms with E-state index in [1.807, 2.05) is 6.07 Å². The Hall–Kier alpha value is -1.75. The van der Waals surface area contributed by atoms with Crippen LogP contribution in [0.2, 0.25) is 0 Å². The number of nitrogens with one attached hydrogen (secondary N) is 2. The molecule has 0 spiro atoms. The van der Waals surface area contributed by atoms with E-state index >= 15 is 0 Å². The molecule has 1 aliphatic heterocycles. The maximum absolute atomic E-state index is 12.0. The van der Waals surface area contributed by atoms with E-state index in [0.29, 0.717) is 24.0 Å². The van der Waals surface area contributed by atoms with Gasteiger partial charge in [-0.2, -0.15) is 0 Å². The van der Waals surface area contributed by atoms with E-state index in [1.165, 1.54) is 19.3 Å². The molecule has 116 valence electrons. The van der Waals surface area contributed by atoms with Crippen molar-refractivity contribution in [3.05, 3.63) is 18.2 Å². The summed E-state index contributed by atoms with van der Waals surface area (Å²) in [5.74, 6) is 1.31. The van der Waals surface area contributed by atoms with Gasteiger partial charge in [-0.05, 0) is 37.9 Å². The quantitative estimate of drug-likeness (QED) is 0.846. The molecule has 1 atom stereocenters. The largest absolute Gasteiger partial charge is 0.493 e. The van der Waals surface area contributed by atoms with Crippen molar-refractivity contribution in [2.45, 2.75) is 38.1 Å². The zero-order valence-corrected chi connectivity index (χ0v) is 12.8. The molecule has 0 saturated carbocycles. The third-order valence-electron chi connectivity index (χ3n) is 3.80. The molecule has 0 radical (unpaired) electrons. The van der Waals surface area contributed by atoms with E-state index < -0.39 is 0 Å². The van der Waals surface area contributed by atoms with Gasteiger partial charge in [-0.25, -0.2) is 0 Å². The molecule has 0 aliphatic carbocycles. The van der Waals surface area contributed by atoms with E-state index in [2.05, 4.69) is 10.6 Å². The molecule has 0 aromatic heterocycles. The van der Waals surface area contributed by atoms with Crippen LogP contribution in [0.3, 0.4) is 0 Å². The molecule has 1 aliphatic rings. The van der Waals surface area contributed by atoms with Crippen LogP contribution in [-0.4, -0.2) is 32.7 Å². The van der Waals surface area contributed by atoms with E-state index in [4.69, 9.17) is 9.47 Å². The summed E-state index contributed by atoms with van der Waals surface area (Å²) in [7, 11) is 3.17. The Morgan fingerprint density at radius 1 is 1.29 bits per heavy atom. The number of hydrogen-bond donors (Lipinski definition) is 2. The second-order valence-corrected chi connectivity index (χ2v) is 5.30. The Balaban J connectivity index is 1.84. The minimum absolute atomic E-state index is 0.0367. The van der Waals surface area contributed by atoms with E-state index in [-0.39, 0.29) is 5.91 Å². The predicted molar refractivity (Wildman–Crippen MR) is 83.1 cm³/mol. The van der Waals surface area contributed by atoms with Gasteiger partial charge in [-0.3, -0.25) is 4.79 Å². The van der Waals surface area contributed by atoms with Gasteiger partial charge in [0.05, 0.1) is 14.2 Å². The molecule has 1 aromatic rings. The SMILES string of the molecule is COc1ccc(NC(=O)CCC2CCCCN2)cc1OC. The summed E-state index contributed by atoms with van der Waals surface area (Å²) in [6, 6.07) is 5.86. The Morgan fingerprint density at radius 3 is 2.76 bits per heavy atom. The highest BCUT2D eigenvalue weighted by molar-refractivity contribution is 5.91. The molecule has 1 aromatic carbocycles. The lowest BCUT2D eigenvalue weighted by Crippen LogP contribution is -2.34. The summed E-state index contributed by atoms with van der Waals surface area (Å²) in [4.78, 5) is 12.0. The number of ether oxygens (including phenoxy) is 2. The summed E-state index contributed by atoms with van der Waals surface area (Å²) in [5, 5.41) is 6.36. The Kier molecular flexibility index (Phi) is 5.87. The van der Waals surface area contributed by atoms with Crippen LogP contribution in [0.4, 0.5) is 5.69 Å². The monoisotopic (exact) mass is 292 g/mol. The topological polar surface area (TPSA) is 59.6 Å². The van der Waals surface area contributed by atoms with Crippen LogP contribution >= 0.6 is 0 Å². The number of carbonyl (C=O) groups excluding carboxylic acids is 1. The maximum atomic E-state index is 12.0. The van der Waals surface area contributed by atoms with Crippen LogP contribution in [0.15, 0.2) is 18.2 Å². The van der Waals surface area contributed by atoms with Crippen molar-refractivity contribution in [1.29, 1.82) is 0 Å². The number of rotatable bonds is 6. The first kappa shape index (κ1) is 15.6. The first-order chi connectivity index (χ1) is 10.2. The predicted octanol–water partition coefficient (Wildman–Crippen LogP) is 2.56. The summed E-state index contributed by atoms with van der Waals surface area (Å²) in [6.45, 7) is 1.07. The second-order valence-electron chi connectivity index (χ2n) is 5.30. The molecule has 2 rings (SSSR count). The van der Waals surface area contributed by atoms with Crippen molar-refractivity contribution in [2.24, 2.45) is 0 Å². The highest BCUT2D eigenvalue weighted by Gasteiger charge is 2.14. The lowest BCUT2D eigenvalue weighted by Gasteiger charge is -2.23. The first-order valence-corrected chi connectivity index (χ1v) is 7.48. The van der Waals surface area contributed by atoms with Gasteiger partial charge in [-0.15, -0.1) is 0 Å². The molecule has 1 unspecified atom stereocenters. The fourth-order valence-corrected chi connectivity index (χ4v) is 2.61. The van der Waals surface area contributed by atoms with Gasteiger partial charge in [0, 0.05) is 24.2 Å². The van der Waals surface area contributed by atoms with Gasteiger partial charge in [0.25, 0.3) is 0 Å². The zero-order chi connectivity index (χ0) is 15.1. The van der Waals surface area contributed by atoms with Crippen molar-refractivity contribution in [3.63, 3.8) is 0 Å². The Bertz CT molecular complexity index is 471. The molecular weight excluding hydrogens is 268 g/mol. The van der Waals surface area contributed by atoms with Gasteiger partial charge in [0.15, 0.2) is 11.5 Å². The Morgan fingerprint density at radius 2 is 2.10 bits per heavy atom. The van der Waals surface area contributed by atoms with Crippen molar-refractivity contribution in [3.8, 4) is 11.5 Å². The van der Waals surface area contributed by atoms with Crippen molar-refractivity contribution in [2.75, 3.05) is 26.1 Å². The first-order valence-electron chi connectivity index (χ1n) is 7.48. The minimum atomic E-state index is 0.0367. The van der Waals surface area contributed by atoms with Gasteiger partial charge in [0.1, 0.15) is 0 Å². The van der Waals surface area contributed by atoms with E-state index in [0.717, 1.165) is 18.7 Å². The maximum Gasteiger partial charge on any atom is 0.224 e. The Labute approximate surface area is 126 Å². The number of hydrogen-bond acceptors (Lipinski definition) is 4. The number of carbonyl (C=O) groups is 1. The van der Waals surface area contributed by atoms with Crippen molar-refractivity contribution in [1.82, 2.24) is 5.32 Å². The van der Waals surface area contributed by atoms with Crippen LogP contribution in [0.5, 0.6) is 11.5 Å². The van der Waals surface area contributed by atoms with Gasteiger partial charge in [0.2, 0.25) is 5.91 Å². The normalized spacial score (nSPS) is 18.1. The molecule has 1 saturated heterocycles. The number of piperidine rings is 1.